The van der Waals surface area contributed by atoms with Crippen LogP contribution in [0.2, 0.25) is 5.02 Å². The maximum absolute atomic E-state index is 11.6. The zero-order valence-electron chi connectivity index (χ0n) is 10.2. The fraction of sp³-hybridized carbons (Fsp3) is 0.385. The maximum Gasteiger partial charge on any atom is 0.224 e. The molecule has 0 saturated heterocycles. The number of nitrogens with zero attached hydrogens (tertiary/aromatic N) is 1. The molecule has 0 radical (unpaired) electrons. The Morgan fingerprint density at radius 2 is 2.33 bits per heavy atom. The molecule has 0 bridgehead atoms. The van der Waals surface area contributed by atoms with Crippen LogP contribution >= 0.6 is 11.6 Å². The van der Waals surface area contributed by atoms with Crippen molar-refractivity contribution in [2.45, 2.75) is 32.2 Å². The minimum absolute atomic E-state index is 0.0816. The molecule has 0 spiro atoms. The molecule has 4 nitrogen and oxygen atoms in total. The normalized spacial score (nSPS) is 11.7. The second-order valence-electron chi connectivity index (χ2n) is 4.22. The van der Waals surface area contributed by atoms with E-state index in [2.05, 4.69) is 5.32 Å². The van der Waals surface area contributed by atoms with Crippen LogP contribution in [0, 0.1) is 11.3 Å². The molecule has 3 N–H and O–H groups in total. The largest absolute Gasteiger partial charge is 0.328 e. The predicted octanol–water partition coefficient (Wildman–Crippen LogP) is 2.67. The second-order valence-corrected chi connectivity index (χ2v) is 4.63. The first-order chi connectivity index (χ1) is 8.52. The quantitative estimate of drug-likeness (QED) is 0.859. The van der Waals surface area contributed by atoms with Gasteiger partial charge in [0.25, 0.3) is 0 Å². The second kappa shape index (κ2) is 7.00. The number of hydrogen-bond acceptors (Lipinski definition) is 3. The standard InChI is InChI=1S/C13H16ClN3O/c1-9(16)3-2-4-13(18)17-11-5-6-12(14)10(7-11)8-15/h5-7,9H,2-4,16H2,1H3,(H,17,18). The van der Waals surface area contributed by atoms with Crippen LogP contribution in [0.3, 0.4) is 0 Å². The van der Waals surface area contributed by atoms with Gasteiger partial charge in [0.15, 0.2) is 0 Å². The minimum Gasteiger partial charge on any atom is -0.328 e. The highest BCUT2D eigenvalue weighted by Gasteiger charge is 2.06. The summed E-state index contributed by atoms with van der Waals surface area (Å²) in [6.45, 7) is 1.91. The van der Waals surface area contributed by atoms with E-state index in [0.29, 0.717) is 22.7 Å². The molecular weight excluding hydrogens is 250 g/mol. The third kappa shape index (κ3) is 4.74. The summed E-state index contributed by atoms with van der Waals surface area (Å²) in [6, 6.07) is 6.91. The van der Waals surface area contributed by atoms with Crippen molar-refractivity contribution in [2.75, 3.05) is 5.32 Å². The van der Waals surface area contributed by atoms with Gasteiger partial charge in [0, 0.05) is 18.2 Å². The molecule has 0 fully saturated rings. The van der Waals surface area contributed by atoms with Gasteiger partial charge in [-0.05, 0) is 38.0 Å². The Bertz CT molecular complexity index is 466. The number of benzene rings is 1. The van der Waals surface area contributed by atoms with Gasteiger partial charge in [0.1, 0.15) is 6.07 Å². The first-order valence-corrected chi connectivity index (χ1v) is 6.16. The average Bonchev–Trinajstić information content (AvgIpc) is 2.31. The smallest absolute Gasteiger partial charge is 0.224 e. The lowest BCUT2D eigenvalue weighted by Gasteiger charge is -2.07. The fourth-order valence-corrected chi connectivity index (χ4v) is 1.66. The first-order valence-electron chi connectivity index (χ1n) is 5.78. The van der Waals surface area contributed by atoms with Crippen molar-refractivity contribution in [2.24, 2.45) is 5.73 Å². The van der Waals surface area contributed by atoms with Crippen LogP contribution in [0.25, 0.3) is 0 Å². The Morgan fingerprint density at radius 1 is 1.61 bits per heavy atom. The van der Waals surface area contributed by atoms with Crippen LogP contribution in [-0.4, -0.2) is 11.9 Å². The van der Waals surface area contributed by atoms with Gasteiger partial charge < -0.3 is 11.1 Å². The highest BCUT2D eigenvalue weighted by Crippen LogP contribution is 2.19. The van der Waals surface area contributed by atoms with Crippen molar-refractivity contribution in [3.63, 3.8) is 0 Å². The number of halogens is 1. The Balaban J connectivity index is 2.52. The zero-order valence-corrected chi connectivity index (χ0v) is 11.0. The molecule has 1 aromatic rings. The van der Waals surface area contributed by atoms with Gasteiger partial charge in [-0.1, -0.05) is 11.6 Å². The van der Waals surface area contributed by atoms with Crippen LogP contribution in [0.1, 0.15) is 31.7 Å². The van der Waals surface area contributed by atoms with Crippen molar-refractivity contribution in [3.05, 3.63) is 28.8 Å². The molecule has 0 aliphatic heterocycles. The van der Waals surface area contributed by atoms with E-state index in [1.54, 1.807) is 18.2 Å². The summed E-state index contributed by atoms with van der Waals surface area (Å²) < 4.78 is 0. The van der Waals surface area contributed by atoms with E-state index in [-0.39, 0.29) is 11.9 Å². The highest BCUT2D eigenvalue weighted by atomic mass is 35.5. The number of rotatable bonds is 5. The predicted molar refractivity (Wildman–Crippen MR) is 72.3 cm³/mol. The topological polar surface area (TPSA) is 78.9 Å². The molecule has 1 unspecified atom stereocenters. The van der Waals surface area contributed by atoms with Gasteiger partial charge in [0.05, 0.1) is 10.6 Å². The van der Waals surface area contributed by atoms with Crippen LogP contribution in [0.15, 0.2) is 18.2 Å². The molecule has 0 saturated carbocycles. The third-order valence-corrected chi connectivity index (χ3v) is 2.76. The lowest BCUT2D eigenvalue weighted by Crippen LogP contribution is -2.16. The number of carbonyl (C=O) groups excluding carboxylic acids is 1. The zero-order chi connectivity index (χ0) is 13.5. The van der Waals surface area contributed by atoms with Crippen molar-refractivity contribution < 1.29 is 4.79 Å². The van der Waals surface area contributed by atoms with Gasteiger partial charge in [-0.25, -0.2) is 0 Å². The number of amides is 1. The molecule has 1 atom stereocenters. The number of nitrogens with one attached hydrogen (secondary N) is 1. The summed E-state index contributed by atoms with van der Waals surface area (Å²) in [5.74, 6) is -0.0816. The van der Waals surface area contributed by atoms with E-state index in [9.17, 15) is 4.79 Å². The number of hydrogen-bond donors (Lipinski definition) is 2. The van der Waals surface area contributed by atoms with Crippen molar-refractivity contribution in [1.82, 2.24) is 0 Å². The molecule has 0 heterocycles. The van der Waals surface area contributed by atoms with E-state index >= 15 is 0 Å². The lowest BCUT2D eigenvalue weighted by molar-refractivity contribution is -0.116. The number of carbonyl (C=O) groups is 1. The molecule has 0 aliphatic carbocycles. The van der Waals surface area contributed by atoms with Crippen LogP contribution < -0.4 is 11.1 Å². The summed E-state index contributed by atoms with van der Waals surface area (Å²) in [5.41, 5.74) is 6.54. The average molecular weight is 266 g/mol. The SMILES string of the molecule is CC(N)CCCC(=O)Nc1ccc(Cl)c(C#N)c1. The summed E-state index contributed by atoms with van der Waals surface area (Å²) >= 11 is 5.80. The Labute approximate surface area is 112 Å². The van der Waals surface area contributed by atoms with Crippen LogP contribution in [0.5, 0.6) is 0 Å². The van der Waals surface area contributed by atoms with Crippen molar-refractivity contribution in [3.8, 4) is 6.07 Å². The minimum atomic E-state index is -0.0816. The summed E-state index contributed by atoms with van der Waals surface area (Å²) in [6.07, 6.45) is 1.99. The van der Waals surface area contributed by atoms with Gasteiger partial charge >= 0.3 is 0 Å². The monoisotopic (exact) mass is 265 g/mol. The van der Waals surface area contributed by atoms with Crippen LogP contribution in [0.4, 0.5) is 5.69 Å². The number of nitrogens with two attached hydrogens (primary N) is 1. The Morgan fingerprint density at radius 3 is 2.94 bits per heavy atom. The number of nitriles is 1. The molecule has 0 aromatic heterocycles. The van der Waals surface area contributed by atoms with Gasteiger partial charge in [-0.3, -0.25) is 4.79 Å². The number of anilines is 1. The van der Waals surface area contributed by atoms with E-state index in [4.69, 9.17) is 22.6 Å². The molecule has 1 rings (SSSR count). The summed E-state index contributed by atoms with van der Waals surface area (Å²) in [5, 5.41) is 11.9. The Hall–Kier alpha value is -1.57. The van der Waals surface area contributed by atoms with E-state index in [1.807, 2.05) is 13.0 Å². The van der Waals surface area contributed by atoms with E-state index in [0.717, 1.165) is 12.8 Å². The highest BCUT2D eigenvalue weighted by molar-refractivity contribution is 6.31. The molecule has 0 aliphatic rings. The first kappa shape index (κ1) is 14.5. The molecule has 5 heteroatoms. The molecular formula is C13H16ClN3O. The summed E-state index contributed by atoms with van der Waals surface area (Å²) in [7, 11) is 0. The van der Waals surface area contributed by atoms with Crippen molar-refractivity contribution in [1.29, 1.82) is 5.26 Å². The third-order valence-electron chi connectivity index (χ3n) is 2.43. The molecule has 96 valence electrons. The van der Waals surface area contributed by atoms with E-state index < -0.39 is 0 Å². The summed E-state index contributed by atoms with van der Waals surface area (Å²) in [4.78, 5) is 11.6. The molecule has 1 aromatic carbocycles. The fourth-order valence-electron chi connectivity index (χ4n) is 1.50. The Kier molecular flexibility index (Phi) is 5.63. The lowest BCUT2D eigenvalue weighted by atomic mass is 10.1. The van der Waals surface area contributed by atoms with E-state index in [1.165, 1.54) is 0 Å². The van der Waals surface area contributed by atoms with Crippen molar-refractivity contribution >= 4 is 23.2 Å². The maximum atomic E-state index is 11.6. The van der Waals surface area contributed by atoms with Gasteiger partial charge in [-0.15, -0.1) is 0 Å². The van der Waals surface area contributed by atoms with Gasteiger partial charge in [-0.2, -0.15) is 5.26 Å². The molecule has 18 heavy (non-hydrogen) atoms. The van der Waals surface area contributed by atoms with Crippen LogP contribution in [-0.2, 0) is 4.79 Å². The van der Waals surface area contributed by atoms with Gasteiger partial charge in [0.2, 0.25) is 5.91 Å². The molecule has 1 amide bonds.